The summed E-state index contributed by atoms with van der Waals surface area (Å²) in [5.41, 5.74) is 0.739. The van der Waals surface area contributed by atoms with Crippen molar-refractivity contribution in [3.8, 4) is 0 Å². The van der Waals surface area contributed by atoms with Crippen LogP contribution < -0.4 is 5.32 Å². The number of rotatable bonds is 4. The highest BCUT2D eigenvalue weighted by Gasteiger charge is 2.54. The van der Waals surface area contributed by atoms with Crippen LogP contribution in [0.3, 0.4) is 0 Å². The molecule has 6 nitrogen and oxygen atoms in total. The topological polar surface area (TPSA) is 75.4 Å². The van der Waals surface area contributed by atoms with Crippen LogP contribution in [0.5, 0.6) is 0 Å². The monoisotopic (exact) mass is 417 g/mol. The Bertz CT molecular complexity index is 816. The third-order valence-corrected chi connectivity index (χ3v) is 5.98. The van der Waals surface area contributed by atoms with Gasteiger partial charge in [0.05, 0.1) is 18.2 Å². The average molecular weight is 418 g/mol. The van der Waals surface area contributed by atoms with E-state index in [4.69, 9.17) is 4.42 Å². The van der Waals surface area contributed by atoms with Gasteiger partial charge in [0.15, 0.2) is 10.4 Å². The molecule has 0 bridgehead atoms. The largest absolute Gasteiger partial charge is 0.444 e. The molecule has 1 aliphatic carbocycles. The van der Waals surface area contributed by atoms with Crippen LogP contribution >= 0.6 is 15.9 Å². The number of carbonyl (C=O) groups excluding carboxylic acids is 2. The Kier molecular flexibility index (Phi) is 4.56. The molecule has 1 unspecified atom stereocenters. The van der Waals surface area contributed by atoms with Crippen LogP contribution in [0.2, 0.25) is 0 Å². The van der Waals surface area contributed by atoms with E-state index in [1.165, 1.54) is 0 Å². The Morgan fingerprint density at radius 1 is 1.31 bits per heavy atom. The third-order valence-electron chi connectivity index (χ3n) is 5.55. The number of aromatic nitrogens is 1. The van der Waals surface area contributed by atoms with Gasteiger partial charge in [0, 0.05) is 24.7 Å². The summed E-state index contributed by atoms with van der Waals surface area (Å²) >= 11 is 3.23. The molecular formula is C19H20BrN3O3. The molecule has 0 aromatic carbocycles. The van der Waals surface area contributed by atoms with Gasteiger partial charge in [0.25, 0.3) is 5.91 Å². The zero-order valence-electron chi connectivity index (χ0n) is 14.3. The molecule has 4 rings (SSSR count). The number of nitrogens with one attached hydrogen (secondary N) is 1. The lowest BCUT2D eigenvalue weighted by molar-refractivity contribution is -0.129. The number of furan rings is 1. The fourth-order valence-electron chi connectivity index (χ4n) is 4.01. The Hall–Kier alpha value is -2.15. The van der Waals surface area contributed by atoms with E-state index >= 15 is 0 Å². The van der Waals surface area contributed by atoms with Crippen LogP contribution in [0.4, 0.5) is 0 Å². The van der Waals surface area contributed by atoms with E-state index < -0.39 is 0 Å². The molecule has 3 heterocycles. The number of amides is 2. The second-order valence-corrected chi connectivity index (χ2v) is 7.88. The maximum Gasteiger partial charge on any atom is 0.289 e. The van der Waals surface area contributed by atoms with Gasteiger partial charge in [-0.05, 0) is 53.0 Å². The molecule has 136 valence electrons. The smallest absolute Gasteiger partial charge is 0.289 e. The van der Waals surface area contributed by atoms with Crippen LogP contribution in [-0.2, 0) is 11.3 Å². The van der Waals surface area contributed by atoms with Crippen molar-refractivity contribution in [2.45, 2.75) is 25.8 Å². The normalized spacial score (nSPS) is 20.8. The quantitative estimate of drug-likeness (QED) is 0.829. The highest BCUT2D eigenvalue weighted by atomic mass is 79.9. The molecule has 1 atom stereocenters. The van der Waals surface area contributed by atoms with Gasteiger partial charge >= 0.3 is 0 Å². The van der Waals surface area contributed by atoms with E-state index in [-0.39, 0.29) is 23.1 Å². The Morgan fingerprint density at radius 2 is 2.15 bits per heavy atom. The number of likely N-dealkylation sites (tertiary alicyclic amines) is 1. The first-order valence-corrected chi connectivity index (χ1v) is 9.59. The SMILES string of the molecule is O=C(NCc1ccccn1)C1CN(C(=O)c2ccc(Br)o2)CC12CCC2. The van der Waals surface area contributed by atoms with Crippen molar-refractivity contribution in [1.82, 2.24) is 15.2 Å². The molecule has 0 radical (unpaired) electrons. The first kappa shape index (κ1) is 17.3. The molecule has 1 aliphatic heterocycles. The molecule has 2 amide bonds. The van der Waals surface area contributed by atoms with Crippen molar-refractivity contribution >= 4 is 27.7 Å². The number of hydrogen-bond acceptors (Lipinski definition) is 4. The second-order valence-electron chi connectivity index (χ2n) is 7.10. The third kappa shape index (κ3) is 3.16. The molecule has 2 aromatic rings. The molecule has 1 saturated heterocycles. The molecule has 2 fully saturated rings. The van der Waals surface area contributed by atoms with E-state index in [9.17, 15) is 9.59 Å². The highest BCUT2D eigenvalue weighted by Crippen LogP contribution is 2.52. The molecule has 26 heavy (non-hydrogen) atoms. The molecule has 2 aromatic heterocycles. The first-order valence-electron chi connectivity index (χ1n) is 8.80. The van der Waals surface area contributed by atoms with E-state index in [0.29, 0.717) is 30.1 Å². The minimum atomic E-state index is -0.178. The molecular weight excluding hydrogens is 398 g/mol. The summed E-state index contributed by atoms with van der Waals surface area (Å²) in [5, 5.41) is 3.00. The second kappa shape index (κ2) is 6.87. The Labute approximate surface area is 160 Å². The summed E-state index contributed by atoms with van der Waals surface area (Å²) < 4.78 is 5.93. The minimum Gasteiger partial charge on any atom is -0.444 e. The molecule has 2 aliphatic rings. The summed E-state index contributed by atoms with van der Waals surface area (Å²) in [7, 11) is 0. The summed E-state index contributed by atoms with van der Waals surface area (Å²) in [4.78, 5) is 31.5. The van der Waals surface area contributed by atoms with Crippen molar-refractivity contribution in [1.29, 1.82) is 0 Å². The van der Waals surface area contributed by atoms with E-state index in [1.54, 1.807) is 23.2 Å². The maximum atomic E-state index is 12.8. The van der Waals surface area contributed by atoms with Gasteiger partial charge in [0.2, 0.25) is 5.91 Å². The summed E-state index contributed by atoms with van der Waals surface area (Å²) in [6.45, 7) is 1.46. The number of hydrogen-bond donors (Lipinski definition) is 1. The summed E-state index contributed by atoms with van der Waals surface area (Å²) in [5.74, 6) is -0.0171. The standard InChI is InChI=1S/C19H20BrN3O3/c20-16-6-5-15(26-16)18(25)23-11-14(19(12-23)7-3-8-19)17(24)22-10-13-4-1-2-9-21-13/h1-2,4-6,9,14H,3,7-8,10-12H2,(H,22,24). The van der Waals surface area contributed by atoms with E-state index in [2.05, 4.69) is 26.2 Å². The molecule has 1 spiro atoms. The lowest BCUT2D eigenvalue weighted by Crippen LogP contribution is -2.45. The Morgan fingerprint density at radius 3 is 2.77 bits per heavy atom. The predicted octanol–water partition coefficient (Wildman–Crippen LogP) is 3.00. The number of pyridine rings is 1. The van der Waals surface area contributed by atoms with Crippen molar-refractivity contribution in [2.24, 2.45) is 11.3 Å². The zero-order valence-corrected chi connectivity index (χ0v) is 15.9. The van der Waals surface area contributed by atoms with Gasteiger partial charge in [-0.1, -0.05) is 12.5 Å². The minimum absolute atomic E-state index is 0.00581. The Balaban J connectivity index is 1.45. The van der Waals surface area contributed by atoms with Crippen molar-refractivity contribution in [3.63, 3.8) is 0 Å². The van der Waals surface area contributed by atoms with Crippen LogP contribution in [-0.4, -0.2) is 34.8 Å². The van der Waals surface area contributed by atoms with Crippen LogP contribution in [0, 0.1) is 11.3 Å². The fraction of sp³-hybridized carbons (Fsp3) is 0.421. The van der Waals surface area contributed by atoms with Crippen molar-refractivity contribution < 1.29 is 14.0 Å². The predicted molar refractivity (Wildman–Crippen MR) is 98.2 cm³/mol. The van der Waals surface area contributed by atoms with Gasteiger partial charge in [-0.2, -0.15) is 0 Å². The highest BCUT2D eigenvalue weighted by molar-refractivity contribution is 9.10. The van der Waals surface area contributed by atoms with Gasteiger partial charge in [0.1, 0.15) is 0 Å². The lowest BCUT2D eigenvalue weighted by atomic mass is 9.62. The van der Waals surface area contributed by atoms with E-state index in [0.717, 1.165) is 25.0 Å². The first-order chi connectivity index (χ1) is 12.6. The summed E-state index contributed by atoms with van der Waals surface area (Å²) in [6.07, 6.45) is 4.80. The van der Waals surface area contributed by atoms with Crippen molar-refractivity contribution in [2.75, 3.05) is 13.1 Å². The van der Waals surface area contributed by atoms with Crippen LogP contribution in [0.25, 0.3) is 0 Å². The molecule has 1 N–H and O–H groups in total. The van der Waals surface area contributed by atoms with Gasteiger partial charge in [-0.15, -0.1) is 0 Å². The van der Waals surface area contributed by atoms with Crippen molar-refractivity contribution in [3.05, 3.63) is 52.7 Å². The average Bonchev–Trinajstić information content (AvgIpc) is 3.24. The van der Waals surface area contributed by atoms with Gasteiger partial charge < -0.3 is 14.6 Å². The number of nitrogens with zero attached hydrogens (tertiary/aromatic N) is 2. The molecule has 7 heteroatoms. The zero-order chi connectivity index (χ0) is 18.1. The summed E-state index contributed by atoms with van der Waals surface area (Å²) in [6, 6.07) is 9.01. The number of halogens is 1. The number of carbonyl (C=O) groups is 2. The van der Waals surface area contributed by atoms with Crippen LogP contribution in [0.1, 0.15) is 35.5 Å². The van der Waals surface area contributed by atoms with E-state index in [1.807, 2.05) is 18.2 Å². The van der Waals surface area contributed by atoms with Crippen LogP contribution in [0.15, 0.2) is 45.6 Å². The lowest BCUT2D eigenvalue weighted by Gasteiger charge is -2.41. The van der Waals surface area contributed by atoms with Gasteiger partial charge in [-0.25, -0.2) is 0 Å². The molecule has 1 saturated carbocycles. The maximum absolute atomic E-state index is 12.8. The van der Waals surface area contributed by atoms with Gasteiger partial charge in [-0.3, -0.25) is 14.6 Å². The fourth-order valence-corrected chi connectivity index (χ4v) is 4.32.